The number of nitrogens with one attached hydrogen (secondary N) is 2. The Morgan fingerprint density at radius 3 is 2.48 bits per heavy atom. The molecular formula is C37H46N4O5. The second-order valence-corrected chi connectivity index (χ2v) is 13.5. The molecule has 3 saturated heterocycles. The van der Waals surface area contributed by atoms with Crippen molar-refractivity contribution in [1.29, 1.82) is 0 Å². The van der Waals surface area contributed by atoms with Gasteiger partial charge in [0.25, 0.3) is 11.5 Å². The SMILES string of the molecule is CCN(c1cc(-c2ccc3c(c2)C2(CCOCC2)C2OC2N3C)cc(C(=O)NCc2c(C)cc(C)[nH]c2=O)c1C)C1CCOCC1. The molecular weight excluding hydrogens is 580 g/mol. The fraction of sp³-hybridized carbons (Fsp3) is 0.514. The van der Waals surface area contributed by atoms with Crippen molar-refractivity contribution in [2.24, 2.45) is 0 Å². The molecule has 2 unspecified atom stereocenters. The Labute approximate surface area is 271 Å². The summed E-state index contributed by atoms with van der Waals surface area (Å²) in [6, 6.07) is 13.3. The molecule has 3 aromatic rings. The Morgan fingerprint density at radius 2 is 1.76 bits per heavy atom. The number of likely N-dealkylation sites (N-methyl/N-ethyl adjacent to an activating group) is 1. The topological polar surface area (TPSA) is 99.4 Å². The first-order valence-corrected chi connectivity index (χ1v) is 16.8. The number of carbonyl (C=O) groups excluding carboxylic acids is 1. The van der Waals surface area contributed by atoms with Gasteiger partial charge in [0.15, 0.2) is 6.23 Å². The lowest BCUT2D eigenvalue weighted by molar-refractivity contribution is 0.0386. The summed E-state index contributed by atoms with van der Waals surface area (Å²) < 4.78 is 17.8. The van der Waals surface area contributed by atoms with E-state index in [1.165, 1.54) is 11.3 Å². The minimum atomic E-state index is -0.184. The van der Waals surface area contributed by atoms with Crippen molar-refractivity contribution in [2.45, 2.75) is 83.7 Å². The summed E-state index contributed by atoms with van der Waals surface area (Å²) in [6.45, 7) is 11.9. The molecule has 4 aliphatic rings. The highest BCUT2D eigenvalue weighted by Crippen LogP contribution is 2.56. The number of aromatic amines is 1. The van der Waals surface area contributed by atoms with E-state index in [4.69, 9.17) is 14.2 Å². The van der Waals surface area contributed by atoms with Gasteiger partial charge in [0.2, 0.25) is 0 Å². The molecule has 1 aromatic heterocycles. The van der Waals surface area contributed by atoms with Crippen molar-refractivity contribution < 1.29 is 19.0 Å². The summed E-state index contributed by atoms with van der Waals surface area (Å²) in [4.78, 5) is 34.3. The van der Waals surface area contributed by atoms with E-state index in [1.54, 1.807) is 0 Å². The molecule has 7 rings (SSSR count). The molecule has 0 bridgehead atoms. The molecule has 9 nitrogen and oxygen atoms in total. The molecule has 2 aromatic carbocycles. The number of amides is 1. The summed E-state index contributed by atoms with van der Waals surface area (Å²) in [6.07, 6.45) is 4.09. The number of nitrogens with zero attached hydrogens (tertiary/aromatic N) is 2. The van der Waals surface area contributed by atoms with Gasteiger partial charge in [0.05, 0.1) is 0 Å². The Bertz CT molecular complexity index is 1700. The smallest absolute Gasteiger partial charge is 0.253 e. The molecule has 9 heteroatoms. The van der Waals surface area contributed by atoms with Gasteiger partial charge in [-0.15, -0.1) is 0 Å². The van der Waals surface area contributed by atoms with Gasteiger partial charge in [-0.2, -0.15) is 0 Å². The van der Waals surface area contributed by atoms with Crippen LogP contribution in [0.1, 0.15) is 70.9 Å². The monoisotopic (exact) mass is 626 g/mol. The van der Waals surface area contributed by atoms with Gasteiger partial charge in [-0.3, -0.25) is 9.59 Å². The molecule has 0 radical (unpaired) electrons. The number of pyridine rings is 1. The van der Waals surface area contributed by atoms with Crippen LogP contribution >= 0.6 is 0 Å². The van der Waals surface area contributed by atoms with E-state index in [1.807, 2.05) is 32.9 Å². The second-order valence-electron chi connectivity index (χ2n) is 13.5. The first-order valence-electron chi connectivity index (χ1n) is 16.8. The van der Waals surface area contributed by atoms with Gasteiger partial charge in [-0.05, 0) is 112 Å². The van der Waals surface area contributed by atoms with Crippen molar-refractivity contribution >= 4 is 17.3 Å². The molecule has 244 valence electrons. The number of rotatable bonds is 7. The number of hydrogen-bond donors (Lipinski definition) is 2. The van der Waals surface area contributed by atoms with E-state index >= 15 is 0 Å². The lowest BCUT2D eigenvalue weighted by atomic mass is 9.68. The first-order chi connectivity index (χ1) is 22.2. The Hall–Kier alpha value is -3.66. The largest absolute Gasteiger partial charge is 0.381 e. The predicted octanol–water partition coefficient (Wildman–Crippen LogP) is 5.13. The van der Waals surface area contributed by atoms with Crippen molar-refractivity contribution in [2.75, 3.05) is 49.8 Å². The average Bonchev–Trinajstić information content (AvgIpc) is 3.87. The summed E-state index contributed by atoms with van der Waals surface area (Å²) in [5.41, 5.74) is 9.28. The number of ether oxygens (including phenoxy) is 3. The molecule has 2 N–H and O–H groups in total. The molecule has 46 heavy (non-hydrogen) atoms. The normalized spacial score (nSPS) is 21.9. The third kappa shape index (κ3) is 5.32. The van der Waals surface area contributed by atoms with Gasteiger partial charge in [-0.1, -0.05) is 6.07 Å². The van der Waals surface area contributed by atoms with Crippen LogP contribution in [0.15, 0.2) is 41.2 Å². The molecule has 4 aliphatic heterocycles. The zero-order valence-corrected chi connectivity index (χ0v) is 27.7. The van der Waals surface area contributed by atoms with Gasteiger partial charge >= 0.3 is 0 Å². The van der Waals surface area contributed by atoms with E-state index in [0.717, 1.165) is 92.3 Å². The lowest BCUT2D eigenvalue weighted by Crippen LogP contribution is -2.46. The van der Waals surface area contributed by atoms with Crippen LogP contribution in [-0.4, -0.2) is 69.3 Å². The fourth-order valence-electron chi connectivity index (χ4n) is 8.19. The fourth-order valence-corrected chi connectivity index (χ4v) is 8.19. The van der Waals surface area contributed by atoms with Crippen LogP contribution in [0, 0.1) is 20.8 Å². The van der Waals surface area contributed by atoms with Crippen molar-refractivity contribution in [3.63, 3.8) is 0 Å². The number of benzene rings is 2. The number of epoxide rings is 1. The zero-order valence-electron chi connectivity index (χ0n) is 27.7. The predicted molar refractivity (Wildman–Crippen MR) is 180 cm³/mol. The molecule has 0 aliphatic carbocycles. The highest BCUT2D eigenvalue weighted by molar-refractivity contribution is 5.99. The number of H-pyrrole nitrogens is 1. The lowest BCUT2D eigenvalue weighted by Gasteiger charge is -2.42. The number of fused-ring (bicyclic) bond motifs is 4. The third-order valence-corrected chi connectivity index (χ3v) is 10.9. The van der Waals surface area contributed by atoms with E-state index in [-0.39, 0.29) is 35.8 Å². The second kappa shape index (κ2) is 12.2. The summed E-state index contributed by atoms with van der Waals surface area (Å²) in [5, 5.41) is 3.08. The number of aryl methyl sites for hydroxylation is 2. The van der Waals surface area contributed by atoms with Crippen molar-refractivity contribution in [3.8, 4) is 11.1 Å². The first kappa shape index (κ1) is 31.0. The molecule has 0 saturated carbocycles. The Balaban J connectivity index is 1.31. The molecule has 5 heterocycles. The zero-order chi connectivity index (χ0) is 32.2. The van der Waals surface area contributed by atoms with E-state index in [2.05, 4.69) is 58.3 Å². The maximum Gasteiger partial charge on any atom is 0.253 e. The number of aromatic nitrogens is 1. The van der Waals surface area contributed by atoms with E-state index < -0.39 is 0 Å². The standard InChI is InChI=1S/C37H46N4O5/c1-6-41(27-9-13-44-14-10-27)32-20-26(18-28(24(32)4)34(42)38-21-29-22(2)17-23(3)39-35(29)43)25-7-8-31-30(19-25)37(11-15-45-16-12-37)33-36(46-33)40(31)5/h7-8,17-20,27,33,36H,6,9-16,21H2,1-5H3,(H,38,42)(H,39,43). The highest BCUT2D eigenvalue weighted by atomic mass is 16.6. The van der Waals surface area contributed by atoms with Crippen LogP contribution in [0.2, 0.25) is 0 Å². The van der Waals surface area contributed by atoms with Crippen LogP contribution in [-0.2, 0) is 26.2 Å². The molecule has 1 spiro atoms. The quantitative estimate of drug-likeness (QED) is 0.351. The van der Waals surface area contributed by atoms with Gasteiger partial charge < -0.3 is 34.3 Å². The van der Waals surface area contributed by atoms with E-state index in [0.29, 0.717) is 17.2 Å². The minimum Gasteiger partial charge on any atom is -0.381 e. The molecule has 2 atom stereocenters. The minimum absolute atomic E-state index is 0.0645. The molecule has 1 amide bonds. The van der Waals surface area contributed by atoms with Crippen LogP contribution in [0.3, 0.4) is 0 Å². The number of hydrogen-bond acceptors (Lipinski definition) is 7. The maximum atomic E-state index is 14.0. The number of carbonyl (C=O) groups is 1. The Morgan fingerprint density at radius 1 is 1.02 bits per heavy atom. The summed E-state index contributed by atoms with van der Waals surface area (Å²) in [7, 11) is 2.12. The van der Waals surface area contributed by atoms with Gasteiger partial charge in [0, 0.05) is 86.2 Å². The summed E-state index contributed by atoms with van der Waals surface area (Å²) >= 11 is 0. The average molecular weight is 627 g/mol. The van der Waals surface area contributed by atoms with Crippen LogP contribution in [0.25, 0.3) is 11.1 Å². The van der Waals surface area contributed by atoms with Gasteiger partial charge in [-0.25, -0.2) is 0 Å². The Kier molecular flexibility index (Phi) is 8.19. The molecule has 3 fully saturated rings. The number of anilines is 2. The van der Waals surface area contributed by atoms with E-state index in [9.17, 15) is 9.59 Å². The van der Waals surface area contributed by atoms with Crippen molar-refractivity contribution in [1.82, 2.24) is 10.3 Å². The third-order valence-electron chi connectivity index (χ3n) is 10.9. The maximum absolute atomic E-state index is 14.0. The summed E-state index contributed by atoms with van der Waals surface area (Å²) in [5.74, 6) is -0.184. The van der Waals surface area contributed by atoms with Crippen molar-refractivity contribution in [3.05, 3.63) is 80.3 Å². The van der Waals surface area contributed by atoms with Crippen LogP contribution < -0.4 is 20.7 Å². The van der Waals surface area contributed by atoms with Crippen LogP contribution in [0.4, 0.5) is 11.4 Å². The van der Waals surface area contributed by atoms with Gasteiger partial charge in [0.1, 0.15) is 6.10 Å². The van der Waals surface area contributed by atoms with Crippen LogP contribution in [0.5, 0.6) is 0 Å². The highest BCUT2D eigenvalue weighted by Gasteiger charge is 2.61.